The molecule has 2 rings (SSSR count). The monoisotopic (exact) mass is 352 g/mol. The van der Waals surface area contributed by atoms with Gasteiger partial charge in [-0.3, -0.25) is 4.79 Å². The van der Waals surface area contributed by atoms with E-state index in [0.717, 1.165) is 43.4 Å². The van der Waals surface area contributed by atoms with Gasteiger partial charge in [-0.25, -0.2) is 0 Å². The van der Waals surface area contributed by atoms with E-state index in [-0.39, 0.29) is 5.91 Å². The van der Waals surface area contributed by atoms with E-state index in [1.54, 1.807) is 0 Å². The first-order valence-corrected chi connectivity index (χ1v) is 8.71. The summed E-state index contributed by atoms with van der Waals surface area (Å²) in [4.78, 5) is 13.9. The molecule has 1 atom stereocenters. The third kappa shape index (κ3) is 4.55. The lowest BCUT2D eigenvalue weighted by atomic mass is 9.88. The maximum absolute atomic E-state index is 12.0. The number of nitrogens with zero attached hydrogens (tertiary/aromatic N) is 1. The van der Waals surface area contributed by atoms with E-state index in [1.165, 1.54) is 11.1 Å². The Hall–Kier alpha value is -0.870. The fraction of sp³-hybridized carbons (Fsp3) is 0.588. The van der Waals surface area contributed by atoms with Crippen LogP contribution < -0.4 is 5.32 Å². The van der Waals surface area contributed by atoms with Gasteiger partial charge in [-0.15, -0.1) is 0 Å². The molecule has 1 aliphatic carbocycles. The van der Waals surface area contributed by atoms with Crippen molar-refractivity contribution < 1.29 is 4.79 Å². The van der Waals surface area contributed by atoms with Gasteiger partial charge in [-0.1, -0.05) is 22.0 Å². The van der Waals surface area contributed by atoms with E-state index in [1.807, 2.05) is 18.7 Å². The molecule has 0 radical (unpaired) electrons. The Kier molecular flexibility index (Phi) is 6.24. The summed E-state index contributed by atoms with van der Waals surface area (Å²) in [6, 6.07) is 7.07. The zero-order valence-corrected chi connectivity index (χ0v) is 14.6. The second kappa shape index (κ2) is 7.95. The summed E-state index contributed by atoms with van der Waals surface area (Å²) in [6.07, 6.45) is 3.95. The smallest absolute Gasteiger partial charge is 0.223 e. The molecule has 0 saturated heterocycles. The molecule has 3 nitrogen and oxygen atoms in total. The predicted octanol–water partition coefficient (Wildman–Crippen LogP) is 3.15. The Morgan fingerprint density at radius 2 is 2.10 bits per heavy atom. The van der Waals surface area contributed by atoms with E-state index in [0.29, 0.717) is 12.5 Å². The van der Waals surface area contributed by atoms with Gasteiger partial charge in [0.25, 0.3) is 0 Å². The van der Waals surface area contributed by atoms with Crippen LogP contribution in [0.4, 0.5) is 0 Å². The van der Waals surface area contributed by atoms with Crippen molar-refractivity contribution in [3.8, 4) is 0 Å². The highest BCUT2D eigenvalue weighted by Gasteiger charge is 2.18. The molecule has 1 aromatic rings. The number of carbonyl (C=O) groups is 1. The van der Waals surface area contributed by atoms with Gasteiger partial charge in [-0.05, 0) is 56.4 Å². The van der Waals surface area contributed by atoms with Crippen molar-refractivity contribution >= 4 is 21.8 Å². The summed E-state index contributed by atoms with van der Waals surface area (Å²) in [7, 11) is 0. The lowest BCUT2D eigenvalue weighted by Crippen LogP contribution is -2.38. The highest BCUT2D eigenvalue weighted by molar-refractivity contribution is 9.10. The van der Waals surface area contributed by atoms with Crippen LogP contribution in [0.25, 0.3) is 0 Å². The molecule has 0 bridgehead atoms. The first kappa shape index (κ1) is 16.5. The van der Waals surface area contributed by atoms with Crippen molar-refractivity contribution in [3.05, 3.63) is 33.8 Å². The van der Waals surface area contributed by atoms with E-state index in [4.69, 9.17) is 0 Å². The highest BCUT2D eigenvalue weighted by atomic mass is 79.9. The first-order valence-electron chi connectivity index (χ1n) is 7.92. The van der Waals surface area contributed by atoms with Crippen molar-refractivity contribution in [1.82, 2.24) is 10.2 Å². The molecule has 0 aromatic heterocycles. The number of fused-ring (bicyclic) bond motifs is 1. The van der Waals surface area contributed by atoms with Crippen LogP contribution in [0.3, 0.4) is 0 Å². The highest BCUT2D eigenvalue weighted by Crippen LogP contribution is 2.24. The molecule has 1 aromatic carbocycles. The number of hydrogen-bond acceptors (Lipinski definition) is 2. The maximum atomic E-state index is 12.0. The number of carbonyl (C=O) groups excluding carboxylic acids is 1. The Morgan fingerprint density at radius 3 is 2.81 bits per heavy atom. The number of amides is 1. The van der Waals surface area contributed by atoms with Gasteiger partial charge in [0.05, 0.1) is 0 Å². The SMILES string of the molecule is CCN(CC)C(=O)CCNC1CCc2cc(Br)ccc2C1. The van der Waals surface area contributed by atoms with Crippen LogP contribution in [-0.2, 0) is 17.6 Å². The van der Waals surface area contributed by atoms with E-state index < -0.39 is 0 Å². The average Bonchev–Trinajstić information content (AvgIpc) is 2.48. The molecule has 21 heavy (non-hydrogen) atoms. The van der Waals surface area contributed by atoms with Crippen molar-refractivity contribution in [2.24, 2.45) is 0 Å². The molecule has 0 aliphatic heterocycles. The predicted molar refractivity (Wildman–Crippen MR) is 90.5 cm³/mol. The van der Waals surface area contributed by atoms with Gasteiger partial charge in [0.15, 0.2) is 0 Å². The normalized spacial score (nSPS) is 17.4. The largest absolute Gasteiger partial charge is 0.343 e. The van der Waals surface area contributed by atoms with Crippen molar-refractivity contribution in [2.75, 3.05) is 19.6 Å². The Labute approximate surface area is 136 Å². The number of halogens is 1. The van der Waals surface area contributed by atoms with Crippen LogP contribution in [0.15, 0.2) is 22.7 Å². The van der Waals surface area contributed by atoms with Crippen LogP contribution in [-0.4, -0.2) is 36.5 Å². The zero-order chi connectivity index (χ0) is 15.2. The number of rotatable bonds is 6. The molecule has 116 valence electrons. The number of hydrogen-bond donors (Lipinski definition) is 1. The minimum atomic E-state index is 0.257. The summed E-state index contributed by atoms with van der Waals surface area (Å²) in [5, 5.41) is 3.55. The molecule has 1 N–H and O–H groups in total. The second-order valence-electron chi connectivity index (χ2n) is 5.62. The molecular formula is C17H25BrN2O. The quantitative estimate of drug-likeness (QED) is 0.852. The lowest BCUT2D eigenvalue weighted by molar-refractivity contribution is -0.130. The number of benzene rings is 1. The van der Waals surface area contributed by atoms with Gasteiger partial charge in [0.1, 0.15) is 0 Å². The standard InChI is InChI=1S/C17H25BrN2O/c1-3-20(4-2)17(21)9-10-19-16-8-6-13-11-15(18)7-5-14(13)12-16/h5,7,11,16,19H,3-4,6,8-10,12H2,1-2H3. The third-order valence-corrected chi connectivity index (χ3v) is 4.78. The fourth-order valence-electron chi connectivity index (χ4n) is 3.02. The Morgan fingerprint density at radius 1 is 1.33 bits per heavy atom. The zero-order valence-electron chi connectivity index (χ0n) is 13.0. The van der Waals surface area contributed by atoms with Crippen LogP contribution in [0.5, 0.6) is 0 Å². The summed E-state index contributed by atoms with van der Waals surface area (Å²) < 4.78 is 1.16. The third-order valence-electron chi connectivity index (χ3n) is 4.28. The molecule has 4 heteroatoms. The Balaban J connectivity index is 1.78. The summed E-state index contributed by atoms with van der Waals surface area (Å²) >= 11 is 3.53. The number of aryl methyl sites for hydroxylation is 1. The van der Waals surface area contributed by atoms with Gasteiger partial charge < -0.3 is 10.2 Å². The molecule has 0 saturated carbocycles. The first-order chi connectivity index (χ1) is 10.1. The van der Waals surface area contributed by atoms with Crippen LogP contribution in [0.1, 0.15) is 37.8 Å². The van der Waals surface area contributed by atoms with Crippen LogP contribution >= 0.6 is 15.9 Å². The molecule has 0 spiro atoms. The molecule has 0 heterocycles. The fourth-order valence-corrected chi connectivity index (χ4v) is 3.42. The minimum Gasteiger partial charge on any atom is -0.343 e. The van der Waals surface area contributed by atoms with Gasteiger partial charge >= 0.3 is 0 Å². The summed E-state index contributed by atoms with van der Waals surface area (Å²) in [5.74, 6) is 0.257. The molecule has 1 amide bonds. The lowest BCUT2D eigenvalue weighted by Gasteiger charge is -2.26. The van der Waals surface area contributed by atoms with Crippen molar-refractivity contribution in [2.45, 2.75) is 45.6 Å². The molecule has 1 unspecified atom stereocenters. The van der Waals surface area contributed by atoms with Crippen LogP contribution in [0.2, 0.25) is 0 Å². The van der Waals surface area contributed by atoms with Crippen molar-refractivity contribution in [1.29, 1.82) is 0 Å². The van der Waals surface area contributed by atoms with Crippen molar-refractivity contribution in [3.63, 3.8) is 0 Å². The molecule has 1 aliphatic rings. The summed E-state index contributed by atoms with van der Waals surface area (Å²) in [6.45, 7) is 6.46. The van der Waals surface area contributed by atoms with Gasteiger partial charge in [0, 0.05) is 36.6 Å². The van der Waals surface area contributed by atoms with E-state index in [9.17, 15) is 4.79 Å². The topological polar surface area (TPSA) is 32.3 Å². The molecular weight excluding hydrogens is 328 g/mol. The Bertz CT molecular complexity index is 486. The van der Waals surface area contributed by atoms with Crippen LogP contribution in [0, 0.1) is 0 Å². The van der Waals surface area contributed by atoms with Gasteiger partial charge in [-0.2, -0.15) is 0 Å². The van der Waals surface area contributed by atoms with Gasteiger partial charge in [0.2, 0.25) is 5.91 Å². The summed E-state index contributed by atoms with van der Waals surface area (Å²) in [5.41, 5.74) is 2.90. The maximum Gasteiger partial charge on any atom is 0.223 e. The van der Waals surface area contributed by atoms with E-state index in [2.05, 4.69) is 39.4 Å². The average molecular weight is 353 g/mol. The number of nitrogens with one attached hydrogen (secondary N) is 1. The van der Waals surface area contributed by atoms with E-state index >= 15 is 0 Å². The second-order valence-corrected chi connectivity index (χ2v) is 6.54. The minimum absolute atomic E-state index is 0.257. The molecule has 0 fully saturated rings.